The van der Waals surface area contributed by atoms with Crippen molar-refractivity contribution in [2.75, 3.05) is 31.1 Å². The first kappa shape index (κ1) is 13.8. The molecule has 2 aliphatic heterocycles. The van der Waals surface area contributed by atoms with E-state index in [1.807, 2.05) is 0 Å². The first-order chi connectivity index (χ1) is 10.9. The number of nitrogens with one attached hydrogen (secondary N) is 1. The second kappa shape index (κ2) is 6.11. The van der Waals surface area contributed by atoms with Crippen LogP contribution in [0.5, 0.6) is 0 Å². The molecule has 1 unspecified atom stereocenters. The van der Waals surface area contributed by atoms with Crippen LogP contribution in [0.2, 0.25) is 0 Å². The summed E-state index contributed by atoms with van der Waals surface area (Å²) in [5.41, 5.74) is 4.27. The average molecular weight is 293 g/mol. The highest BCUT2D eigenvalue weighted by Crippen LogP contribution is 2.27. The molecule has 0 radical (unpaired) electrons. The molecule has 3 heteroatoms. The van der Waals surface area contributed by atoms with Crippen molar-refractivity contribution in [2.24, 2.45) is 0 Å². The summed E-state index contributed by atoms with van der Waals surface area (Å²) in [6, 6.07) is 20.2. The van der Waals surface area contributed by atoms with E-state index in [-0.39, 0.29) is 0 Å². The van der Waals surface area contributed by atoms with Gasteiger partial charge in [0.2, 0.25) is 0 Å². The molecule has 114 valence electrons. The lowest BCUT2D eigenvalue weighted by atomic mass is 10.1. The predicted octanol–water partition coefficient (Wildman–Crippen LogP) is 2.48. The number of fused-ring (bicyclic) bond motifs is 3. The SMILES string of the molecule is c1ccc(CN2CCN3c4ccccc4CNCC3C2)cc1. The Kier molecular flexibility index (Phi) is 3.83. The summed E-state index contributed by atoms with van der Waals surface area (Å²) in [5, 5.41) is 3.62. The summed E-state index contributed by atoms with van der Waals surface area (Å²) in [5.74, 6) is 0. The Labute approximate surface area is 132 Å². The number of anilines is 1. The second-order valence-electron chi connectivity index (χ2n) is 6.33. The zero-order chi connectivity index (χ0) is 14.8. The van der Waals surface area contributed by atoms with Crippen molar-refractivity contribution in [3.8, 4) is 0 Å². The van der Waals surface area contributed by atoms with E-state index >= 15 is 0 Å². The van der Waals surface area contributed by atoms with Crippen LogP contribution in [0.15, 0.2) is 54.6 Å². The molecule has 0 aliphatic carbocycles. The van der Waals surface area contributed by atoms with Gasteiger partial charge in [0.25, 0.3) is 0 Å². The first-order valence-corrected chi connectivity index (χ1v) is 8.22. The second-order valence-corrected chi connectivity index (χ2v) is 6.33. The molecular formula is C19H23N3. The monoisotopic (exact) mass is 293 g/mol. The molecule has 0 bridgehead atoms. The number of hydrogen-bond donors (Lipinski definition) is 1. The molecule has 2 aliphatic rings. The van der Waals surface area contributed by atoms with Gasteiger partial charge in [-0.25, -0.2) is 0 Å². The smallest absolute Gasteiger partial charge is 0.0542 e. The fraction of sp³-hybridized carbons (Fsp3) is 0.368. The van der Waals surface area contributed by atoms with E-state index in [9.17, 15) is 0 Å². The third-order valence-electron chi connectivity index (χ3n) is 4.81. The van der Waals surface area contributed by atoms with Crippen molar-refractivity contribution in [2.45, 2.75) is 19.1 Å². The highest BCUT2D eigenvalue weighted by atomic mass is 15.3. The summed E-state index contributed by atoms with van der Waals surface area (Å²) >= 11 is 0. The zero-order valence-corrected chi connectivity index (χ0v) is 12.9. The molecule has 22 heavy (non-hydrogen) atoms. The van der Waals surface area contributed by atoms with Crippen LogP contribution in [0.4, 0.5) is 5.69 Å². The van der Waals surface area contributed by atoms with Gasteiger partial charge in [-0.15, -0.1) is 0 Å². The summed E-state index contributed by atoms with van der Waals surface area (Å²) in [6.45, 7) is 6.51. The van der Waals surface area contributed by atoms with Gasteiger partial charge in [-0.05, 0) is 17.2 Å². The average Bonchev–Trinajstić information content (AvgIpc) is 2.75. The third-order valence-corrected chi connectivity index (χ3v) is 4.81. The topological polar surface area (TPSA) is 18.5 Å². The van der Waals surface area contributed by atoms with Gasteiger partial charge in [-0.1, -0.05) is 48.5 Å². The van der Waals surface area contributed by atoms with Crippen LogP contribution in [0, 0.1) is 0 Å². The van der Waals surface area contributed by atoms with Gasteiger partial charge in [0.15, 0.2) is 0 Å². The standard InChI is InChI=1S/C19H23N3/c1-2-6-16(7-3-1)14-21-10-11-22-18(15-21)13-20-12-17-8-4-5-9-19(17)22/h1-9,18,20H,10-15H2. The lowest BCUT2D eigenvalue weighted by Gasteiger charge is -2.42. The Bertz CT molecular complexity index is 626. The van der Waals surface area contributed by atoms with Gasteiger partial charge < -0.3 is 10.2 Å². The van der Waals surface area contributed by atoms with Crippen LogP contribution in [-0.4, -0.2) is 37.1 Å². The maximum atomic E-state index is 3.62. The number of benzene rings is 2. The lowest BCUT2D eigenvalue weighted by molar-refractivity contribution is 0.214. The number of nitrogens with zero attached hydrogens (tertiary/aromatic N) is 2. The Morgan fingerprint density at radius 3 is 2.68 bits per heavy atom. The van der Waals surface area contributed by atoms with Crippen molar-refractivity contribution in [1.82, 2.24) is 10.2 Å². The van der Waals surface area contributed by atoms with Crippen molar-refractivity contribution < 1.29 is 0 Å². The Hall–Kier alpha value is -1.84. The van der Waals surface area contributed by atoms with E-state index in [2.05, 4.69) is 69.7 Å². The molecule has 0 saturated carbocycles. The summed E-state index contributed by atoms with van der Waals surface area (Å²) in [7, 11) is 0. The maximum Gasteiger partial charge on any atom is 0.0542 e. The van der Waals surface area contributed by atoms with E-state index in [4.69, 9.17) is 0 Å². The molecule has 2 aromatic carbocycles. The maximum absolute atomic E-state index is 3.62. The van der Waals surface area contributed by atoms with Gasteiger partial charge in [-0.2, -0.15) is 0 Å². The largest absolute Gasteiger partial charge is 0.364 e. The number of hydrogen-bond acceptors (Lipinski definition) is 3. The van der Waals surface area contributed by atoms with Crippen LogP contribution in [0.1, 0.15) is 11.1 Å². The van der Waals surface area contributed by atoms with Crippen LogP contribution in [0.3, 0.4) is 0 Å². The highest BCUT2D eigenvalue weighted by Gasteiger charge is 2.29. The predicted molar refractivity (Wildman–Crippen MR) is 91.0 cm³/mol. The molecule has 3 nitrogen and oxygen atoms in total. The molecule has 1 fully saturated rings. The zero-order valence-electron chi connectivity index (χ0n) is 12.9. The minimum Gasteiger partial charge on any atom is -0.364 e. The molecule has 0 amide bonds. The molecule has 2 aromatic rings. The molecular weight excluding hydrogens is 270 g/mol. The number of para-hydroxylation sites is 1. The van der Waals surface area contributed by atoms with Crippen LogP contribution >= 0.6 is 0 Å². The molecule has 4 rings (SSSR count). The summed E-state index contributed by atoms with van der Waals surface area (Å²) < 4.78 is 0. The van der Waals surface area contributed by atoms with Crippen molar-refractivity contribution in [3.05, 3.63) is 65.7 Å². The third kappa shape index (κ3) is 2.74. The molecule has 1 N–H and O–H groups in total. The van der Waals surface area contributed by atoms with E-state index < -0.39 is 0 Å². The lowest BCUT2D eigenvalue weighted by Crippen LogP contribution is -2.55. The highest BCUT2D eigenvalue weighted by molar-refractivity contribution is 5.55. The molecule has 1 saturated heterocycles. The van der Waals surface area contributed by atoms with Gasteiger partial charge in [0.05, 0.1) is 6.04 Å². The van der Waals surface area contributed by atoms with Gasteiger partial charge in [0, 0.05) is 45.0 Å². The van der Waals surface area contributed by atoms with E-state index in [1.165, 1.54) is 16.8 Å². The van der Waals surface area contributed by atoms with Crippen molar-refractivity contribution in [3.63, 3.8) is 0 Å². The van der Waals surface area contributed by atoms with E-state index in [0.29, 0.717) is 6.04 Å². The Balaban J connectivity index is 1.50. The van der Waals surface area contributed by atoms with E-state index in [0.717, 1.165) is 39.3 Å². The number of rotatable bonds is 2. The fourth-order valence-corrected chi connectivity index (χ4v) is 3.71. The van der Waals surface area contributed by atoms with Crippen molar-refractivity contribution in [1.29, 1.82) is 0 Å². The van der Waals surface area contributed by atoms with Gasteiger partial charge in [-0.3, -0.25) is 4.90 Å². The van der Waals surface area contributed by atoms with Crippen molar-refractivity contribution >= 4 is 5.69 Å². The first-order valence-electron chi connectivity index (χ1n) is 8.22. The van der Waals surface area contributed by atoms with Gasteiger partial charge in [0.1, 0.15) is 0 Å². The van der Waals surface area contributed by atoms with Crippen LogP contribution in [0.25, 0.3) is 0 Å². The van der Waals surface area contributed by atoms with Crippen LogP contribution < -0.4 is 10.2 Å². The minimum absolute atomic E-state index is 0.570. The quantitative estimate of drug-likeness (QED) is 0.918. The molecule has 2 heterocycles. The Morgan fingerprint density at radius 1 is 0.955 bits per heavy atom. The molecule has 0 spiro atoms. The number of piperazine rings is 1. The van der Waals surface area contributed by atoms with Gasteiger partial charge >= 0.3 is 0 Å². The van der Waals surface area contributed by atoms with Crippen LogP contribution in [-0.2, 0) is 13.1 Å². The molecule has 0 aromatic heterocycles. The minimum atomic E-state index is 0.570. The van der Waals surface area contributed by atoms with E-state index in [1.54, 1.807) is 0 Å². The Morgan fingerprint density at radius 2 is 1.77 bits per heavy atom. The summed E-state index contributed by atoms with van der Waals surface area (Å²) in [4.78, 5) is 5.20. The fourth-order valence-electron chi connectivity index (χ4n) is 3.71. The normalized spacial score (nSPS) is 21.8. The molecule has 1 atom stereocenters. The summed E-state index contributed by atoms with van der Waals surface area (Å²) in [6.07, 6.45) is 0.